The molecule has 0 saturated carbocycles. The lowest BCUT2D eigenvalue weighted by Crippen LogP contribution is -2.01. The van der Waals surface area contributed by atoms with Crippen molar-refractivity contribution >= 4 is 23.4 Å². The lowest BCUT2D eigenvalue weighted by atomic mass is 10.1. The molecule has 0 radical (unpaired) electrons. The Labute approximate surface area is 130 Å². The molecule has 2 aromatic carbocycles. The van der Waals surface area contributed by atoms with Gasteiger partial charge in [-0.25, -0.2) is 4.79 Å². The minimum atomic E-state index is -0.511. The number of ether oxygens (including phenoxy) is 1. The summed E-state index contributed by atoms with van der Waals surface area (Å²) < 4.78 is 4.61. The number of nitro benzene ring substituents is 1. The zero-order chi connectivity index (χ0) is 16.1. The number of nitrogens with zero attached hydrogens (tertiary/aromatic N) is 2. The number of nitriles is 1. The van der Waals surface area contributed by atoms with Crippen molar-refractivity contribution in [1.82, 2.24) is 0 Å². The zero-order valence-corrected chi connectivity index (χ0v) is 12.3. The molecule has 2 rings (SSSR count). The molecule has 0 bridgehead atoms. The molecule has 0 aromatic heterocycles. The highest BCUT2D eigenvalue weighted by Gasteiger charge is 2.11. The highest BCUT2D eigenvalue weighted by Crippen LogP contribution is 2.31. The van der Waals surface area contributed by atoms with E-state index >= 15 is 0 Å². The predicted molar refractivity (Wildman–Crippen MR) is 79.7 cm³/mol. The van der Waals surface area contributed by atoms with Crippen LogP contribution in [0.25, 0.3) is 0 Å². The number of benzene rings is 2. The van der Waals surface area contributed by atoms with Gasteiger partial charge in [0.15, 0.2) is 0 Å². The fraction of sp³-hybridized carbons (Fsp3) is 0.0667. The molecule has 0 aliphatic carbocycles. The first-order valence-electron chi connectivity index (χ1n) is 6.10. The second-order valence-electron chi connectivity index (χ2n) is 4.17. The highest BCUT2D eigenvalue weighted by atomic mass is 32.2. The van der Waals surface area contributed by atoms with Gasteiger partial charge in [0.1, 0.15) is 6.07 Å². The molecule has 0 saturated heterocycles. The van der Waals surface area contributed by atoms with Gasteiger partial charge in [-0.05, 0) is 30.3 Å². The maximum Gasteiger partial charge on any atom is 0.337 e. The van der Waals surface area contributed by atoms with Gasteiger partial charge in [0.05, 0.1) is 23.2 Å². The summed E-state index contributed by atoms with van der Waals surface area (Å²) in [5, 5.41) is 19.8. The summed E-state index contributed by atoms with van der Waals surface area (Å²) in [7, 11) is 1.27. The van der Waals surface area contributed by atoms with Crippen LogP contribution in [-0.4, -0.2) is 18.0 Å². The molecule has 0 N–H and O–H groups in total. The largest absolute Gasteiger partial charge is 0.465 e. The predicted octanol–water partition coefficient (Wildman–Crippen LogP) is 3.40. The Morgan fingerprint density at radius 1 is 1.27 bits per heavy atom. The SMILES string of the molecule is COC(=O)c1ccc(Sc2ccc([N+](=O)[O-])cc2)c(C#N)c1. The maximum atomic E-state index is 11.5. The fourth-order valence-corrected chi connectivity index (χ4v) is 2.59. The summed E-state index contributed by atoms with van der Waals surface area (Å²) in [4.78, 5) is 23.0. The average Bonchev–Trinajstić information content (AvgIpc) is 2.55. The number of hydrogen-bond acceptors (Lipinski definition) is 6. The third-order valence-electron chi connectivity index (χ3n) is 2.80. The topological polar surface area (TPSA) is 93.2 Å². The Balaban J connectivity index is 2.27. The van der Waals surface area contributed by atoms with Gasteiger partial charge in [-0.1, -0.05) is 11.8 Å². The van der Waals surface area contributed by atoms with Crippen molar-refractivity contribution in [3.05, 3.63) is 63.7 Å². The van der Waals surface area contributed by atoms with Crippen molar-refractivity contribution in [2.45, 2.75) is 9.79 Å². The van der Waals surface area contributed by atoms with Crippen LogP contribution in [-0.2, 0) is 4.74 Å². The first kappa shape index (κ1) is 15.5. The number of methoxy groups -OCH3 is 1. The van der Waals surface area contributed by atoms with E-state index in [4.69, 9.17) is 0 Å². The molecule has 7 heteroatoms. The number of esters is 1. The molecule has 2 aromatic rings. The number of non-ortho nitro benzene ring substituents is 1. The quantitative estimate of drug-likeness (QED) is 0.488. The van der Waals surface area contributed by atoms with Gasteiger partial charge >= 0.3 is 5.97 Å². The van der Waals surface area contributed by atoms with Crippen molar-refractivity contribution in [3.8, 4) is 6.07 Å². The smallest absolute Gasteiger partial charge is 0.337 e. The average molecular weight is 314 g/mol. The maximum absolute atomic E-state index is 11.5. The van der Waals surface area contributed by atoms with E-state index in [2.05, 4.69) is 4.74 Å². The number of rotatable bonds is 4. The van der Waals surface area contributed by atoms with Gasteiger partial charge < -0.3 is 4.74 Å². The summed E-state index contributed by atoms with van der Waals surface area (Å²) in [5.74, 6) is -0.511. The van der Waals surface area contributed by atoms with Crippen LogP contribution in [0.4, 0.5) is 5.69 Å². The Morgan fingerprint density at radius 2 is 1.95 bits per heavy atom. The second kappa shape index (κ2) is 6.74. The molecular weight excluding hydrogens is 304 g/mol. The van der Waals surface area contributed by atoms with E-state index in [9.17, 15) is 20.2 Å². The molecule has 22 heavy (non-hydrogen) atoms. The van der Waals surface area contributed by atoms with E-state index in [1.807, 2.05) is 6.07 Å². The van der Waals surface area contributed by atoms with Gasteiger partial charge in [0, 0.05) is 21.9 Å². The normalized spacial score (nSPS) is 9.82. The van der Waals surface area contributed by atoms with Crippen LogP contribution in [0.3, 0.4) is 0 Å². The van der Waals surface area contributed by atoms with Crippen LogP contribution in [0.15, 0.2) is 52.3 Å². The Hall–Kier alpha value is -2.85. The van der Waals surface area contributed by atoms with Crippen LogP contribution in [0.2, 0.25) is 0 Å². The zero-order valence-electron chi connectivity index (χ0n) is 11.5. The van der Waals surface area contributed by atoms with Crippen LogP contribution >= 0.6 is 11.8 Å². The minimum absolute atomic E-state index is 0.00546. The number of carbonyl (C=O) groups excluding carboxylic acids is 1. The lowest BCUT2D eigenvalue weighted by Gasteiger charge is -2.06. The van der Waals surface area contributed by atoms with E-state index in [1.165, 1.54) is 37.1 Å². The fourth-order valence-electron chi connectivity index (χ4n) is 1.71. The van der Waals surface area contributed by atoms with Crippen molar-refractivity contribution in [2.75, 3.05) is 7.11 Å². The first-order chi connectivity index (χ1) is 10.5. The molecule has 0 aliphatic heterocycles. The van der Waals surface area contributed by atoms with Gasteiger partial charge in [-0.15, -0.1) is 0 Å². The molecule has 0 heterocycles. The Bertz CT molecular complexity index is 766. The van der Waals surface area contributed by atoms with E-state index in [-0.39, 0.29) is 5.69 Å². The third-order valence-corrected chi connectivity index (χ3v) is 3.88. The molecule has 6 nitrogen and oxygen atoms in total. The summed E-state index contributed by atoms with van der Waals surface area (Å²) in [6, 6.07) is 12.7. The summed E-state index contributed by atoms with van der Waals surface area (Å²) in [6.45, 7) is 0. The summed E-state index contributed by atoms with van der Waals surface area (Å²) in [5.41, 5.74) is 0.643. The van der Waals surface area contributed by atoms with Crippen molar-refractivity contribution < 1.29 is 14.5 Å². The molecule has 0 fully saturated rings. The summed E-state index contributed by atoms with van der Waals surface area (Å²) in [6.07, 6.45) is 0. The van der Waals surface area contributed by atoms with E-state index in [0.717, 1.165) is 4.90 Å². The van der Waals surface area contributed by atoms with Crippen LogP contribution in [0, 0.1) is 21.4 Å². The monoisotopic (exact) mass is 314 g/mol. The first-order valence-corrected chi connectivity index (χ1v) is 6.91. The summed E-state index contributed by atoms with van der Waals surface area (Å²) >= 11 is 1.29. The van der Waals surface area contributed by atoms with Crippen LogP contribution in [0.5, 0.6) is 0 Å². The molecule has 110 valence electrons. The molecule has 0 atom stereocenters. The molecule has 0 amide bonds. The Morgan fingerprint density at radius 3 is 2.50 bits per heavy atom. The van der Waals surface area contributed by atoms with Gasteiger partial charge in [0.25, 0.3) is 5.69 Å². The highest BCUT2D eigenvalue weighted by molar-refractivity contribution is 7.99. The number of carbonyl (C=O) groups is 1. The van der Waals surface area contributed by atoms with Gasteiger partial charge in [-0.3, -0.25) is 10.1 Å². The van der Waals surface area contributed by atoms with Crippen molar-refractivity contribution in [3.63, 3.8) is 0 Å². The minimum Gasteiger partial charge on any atom is -0.465 e. The van der Waals surface area contributed by atoms with Crippen LogP contribution in [0.1, 0.15) is 15.9 Å². The molecular formula is C15H10N2O4S. The van der Waals surface area contributed by atoms with E-state index < -0.39 is 10.9 Å². The van der Waals surface area contributed by atoms with E-state index in [0.29, 0.717) is 16.0 Å². The molecule has 0 aliphatic rings. The molecule has 0 spiro atoms. The van der Waals surface area contributed by atoms with Gasteiger partial charge in [0.2, 0.25) is 0 Å². The van der Waals surface area contributed by atoms with Gasteiger partial charge in [-0.2, -0.15) is 5.26 Å². The number of hydrogen-bond donors (Lipinski definition) is 0. The van der Waals surface area contributed by atoms with Crippen molar-refractivity contribution in [2.24, 2.45) is 0 Å². The molecule has 0 unspecified atom stereocenters. The Kier molecular flexibility index (Phi) is 4.76. The van der Waals surface area contributed by atoms with Crippen LogP contribution < -0.4 is 0 Å². The van der Waals surface area contributed by atoms with Crippen molar-refractivity contribution in [1.29, 1.82) is 5.26 Å². The lowest BCUT2D eigenvalue weighted by molar-refractivity contribution is -0.384. The second-order valence-corrected chi connectivity index (χ2v) is 5.28. The standard InChI is InChI=1S/C15H10N2O4S/c1-21-15(18)10-2-7-14(11(8-10)9-16)22-13-5-3-12(4-6-13)17(19)20/h2-8H,1H3. The number of nitro groups is 1. The third kappa shape index (κ3) is 3.42. The van der Waals surface area contributed by atoms with E-state index in [1.54, 1.807) is 24.3 Å².